The second-order valence-electron chi connectivity index (χ2n) is 6.10. The Balaban J connectivity index is 2.91. The lowest BCUT2D eigenvalue weighted by Crippen LogP contribution is -2.38. The van der Waals surface area contributed by atoms with Crippen molar-refractivity contribution >= 4 is 33.2 Å². The van der Waals surface area contributed by atoms with E-state index in [1.165, 1.54) is 6.07 Å². The maximum absolute atomic E-state index is 12.0. The van der Waals surface area contributed by atoms with E-state index < -0.39 is 4.92 Å². The van der Waals surface area contributed by atoms with Crippen molar-refractivity contribution in [3.05, 3.63) is 32.3 Å². The number of nitrogens with two attached hydrogens (primary N) is 1. The lowest BCUT2D eigenvalue weighted by molar-refractivity contribution is -0.385. The number of amides is 1. The van der Waals surface area contributed by atoms with Gasteiger partial charge in [-0.2, -0.15) is 0 Å². The van der Waals surface area contributed by atoms with Gasteiger partial charge in [-0.15, -0.1) is 0 Å². The fraction of sp³-hybridized carbons (Fsp3) is 0.500. The minimum atomic E-state index is -0.474. The number of nitrogens with zero attached hydrogens (tertiary/aromatic N) is 1. The van der Waals surface area contributed by atoms with Crippen LogP contribution in [0.5, 0.6) is 0 Å². The molecule has 6 nitrogen and oxygen atoms in total. The Labute approximate surface area is 132 Å². The Hall–Kier alpha value is -1.47. The van der Waals surface area contributed by atoms with Gasteiger partial charge in [0.15, 0.2) is 0 Å². The molecule has 0 bridgehead atoms. The van der Waals surface area contributed by atoms with Crippen molar-refractivity contribution in [3.8, 4) is 0 Å². The largest absolute Gasteiger partial charge is 0.327 e. The summed E-state index contributed by atoms with van der Waals surface area (Å²) in [5, 5.41) is 13.6. The second-order valence-corrected chi connectivity index (χ2v) is 6.95. The summed E-state index contributed by atoms with van der Waals surface area (Å²) in [5.74, 6) is -0.267. The van der Waals surface area contributed by atoms with Crippen molar-refractivity contribution in [3.63, 3.8) is 0 Å². The first kappa shape index (κ1) is 17.6. The molecule has 21 heavy (non-hydrogen) atoms. The normalized spacial score (nSPS) is 12.9. The van der Waals surface area contributed by atoms with Gasteiger partial charge in [-0.25, -0.2) is 0 Å². The number of benzene rings is 1. The Morgan fingerprint density at radius 3 is 2.52 bits per heavy atom. The SMILES string of the molecule is Cc1cc(Br)c(NC(=O)CC(N)C(C)(C)C)cc1[N+](=O)[O-]. The summed E-state index contributed by atoms with van der Waals surface area (Å²) in [7, 11) is 0. The van der Waals surface area contributed by atoms with Gasteiger partial charge in [0.05, 0.1) is 10.6 Å². The first-order valence-corrected chi connectivity index (χ1v) is 7.31. The molecule has 1 aromatic carbocycles. The van der Waals surface area contributed by atoms with Gasteiger partial charge in [-0.1, -0.05) is 20.8 Å². The van der Waals surface area contributed by atoms with Crippen LogP contribution in [0.2, 0.25) is 0 Å². The number of nitrogens with one attached hydrogen (secondary N) is 1. The van der Waals surface area contributed by atoms with Gasteiger partial charge in [-0.05, 0) is 34.3 Å². The van der Waals surface area contributed by atoms with Gasteiger partial charge in [0.1, 0.15) is 0 Å². The van der Waals surface area contributed by atoms with Crippen LogP contribution in [0.4, 0.5) is 11.4 Å². The van der Waals surface area contributed by atoms with E-state index in [4.69, 9.17) is 5.73 Å². The highest BCUT2D eigenvalue weighted by Crippen LogP contribution is 2.31. The zero-order valence-electron chi connectivity index (χ0n) is 12.6. The van der Waals surface area contributed by atoms with Crippen molar-refractivity contribution in [1.82, 2.24) is 0 Å². The fourth-order valence-electron chi connectivity index (χ4n) is 1.66. The summed E-state index contributed by atoms with van der Waals surface area (Å²) in [6.45, 7) is 7.51. The number of carbonyl (C=O) groups excluding carboxylic acids is 1. The Morgan fingerprint density at radius 2 is 2.05 bits per heavy atom. The number of halogens is 1. The monoisotopic (exact) mass is 357 g/mol. The standard InChI is InChI=1S/C14H20BrN3O3/c1-8-5-9(15)10(6-11(8)18(20)21)17-13(19)7-12(16)14(2,3)4/h5-6,12H,7,16H2,1-4H3,(H,17,19). The number of nitro benzene ring substituents is 1. The molecule has 0 aromatic heterocycles. The van der Waals surface area contributed by atoms with Gasteiger partial charge >= 0.3 is 0 Å². The summed E-state index contributed by atoms with van der Waals surface area (Å²) >= 11 is 3.30. The molecule has 116 valence electrons. The molecule has 0 aliphatic rings. The van der Waals surface area contributed by atoms with Gasteiger partial charge in [0, 0.05) is 28.6 Å². The molecule has 1 amide bonds. The summed E-state index contributed by atoms with van der Waals surface area (Å²) < 4.78 is 0.600. The molecule has 3 N–H and O–H groups in total. The molecule has 7 heteroatoms. The average molecular weight is 358 g/mol. The summed E-state index contributed by atoms with van der Waals surface area (Å²) in [5.41, 5.74) is 6.64. The number of hydrogen-bond acceptors (Lipinski definition) is 4. The van der Waals surface area contributed by atoms with Crippen LogP contribution in [0, 0.1) is 22.5 Å². The number of hydrogen-bond donors (Lipinski definition) is 2. The minimum Gasteiger partial charge on any atom is -0.327 e. The molecule has 0 saturated carbocycles. The van der Waals surface area contributed by atoms with Crippen LogP contribution in [0.15, 0.2) is 16.6 Å². The molecule has 0 aliphatic heterocycles. The number of carbonyl (C=O) groups is 1. The van der Waals surface area contributed by atoms with E-state index in [0.29, 0.717) is 15.7 Å². The van der Waals surface area contributed by atoms with Crippen molar-refractivity contribution in [2.45, 2.75) is 40.2 Å². The molecule has 0 spiro atoms. The Bertz CT molecular complexity index is 567. The van der Waals surface area contributed by atoms with E-state index in [1.807, 2.05) is 20.8 Å². The second kappa shape index (κ2) is 6.53. The van der Waals surface area contributed by atoms with Crippen LogP contribution in [-0.4, -0.2) is 16.9 Å². The van der Waals surface area contributed by atoms with Gasteiger partial charge in [0.2, 0.25) is 5.91 Å². The maximum Gasteiger partial charge on any atom is 0.274 e. The molecule has 0 aliphatic carbocycles. The van der Waals surface area contributed by atoms with E-state index in [9.17, 15) is 14.9 Å². The van der Waals surface area contributed by atoms with Gasteiger partial charge in [-0.3, -0.25) is 14.9 Å². The molecular weight excluding hydrogens is 338 g/mol. The first-order chi connectivity index (χ1) is 9.52. The van der Waals surface area contributed by atoms with Gasteiger partial charge in [0.25, 0.3) is 5.69 Å². The zero-order chi connectivity index (χ0) is 16.4. The topological polar surface area (TPSA) is 98.3 Å². The van der Waals surface area contributed by atoms with Crippen LogP contribution in [0.1, 0.15) is 32.8 Å². The van der Waals surface area contributed by atoms with Crippen molar-refractivity contribution < 1.29 is 9.72 Å². The summed E-state index contributed by atoms with van der Waals surface area (Å²) in [6.07, 6.45) is 0.150. The predicted octanol–water partition coefficient (Wildman–Crippen LogP) is 3.37. The van der Waals surface area contributed by atoms with E-state index >= 15 is 0 Å². The molecule has 1 rings (SSSR count). The van der Waals surface area contributed by atoms with Crippen molar-refractivity contribution in [2.24, 2.45) is 11.1 Å². The highest BCUT2D eigenvalue weighted by molar-refractivity contribution is 9.10. The molecule has 0 fully saturated rings. The van der Waals surface area contributed by atoms with Crippen LogP contribution in [0.25, 0.3) is 0 Å². The summed E-state index contributed by atoms with van der Waals surface area (Å²) in [6, 6.07) is 2.66. The average Bonchev–Trinajstić information content (AvgIpc) is 2.30. The molecule has 1 atom stereocenters. The van der Waals surface area contributed by atoms with E-state index in [0.717, 1.165) is 0 Å². The molecule has 0 heterocycles. The molecular formula is C14H20BrN3O3. The van der Waals surface area contributed by atoms with Crippen LogP contribution < -0.4 is 11.1 Å². The number of anilines is 1. The van der Waals surface area contributed by atoms with Crippen molar-refractivity contribution in [1.29, 1.82) is 0 Å². The van der Waals surface area contributed by atoms with Crippen LogP contribution >= 0.6 is 15.9 Å². The highest BCUT2D eigenvalue weighted by atomic mass is 79.9. The maximum atomic E-state index is 12.0. The molecule has 1 aromatic rings. The third-order valence-corrected chi connectivity index (χ3v) is 3.93. The number of rotatable bonds is 4. The quantitative estimate of drug-likeness (QED) is 0.637. The third kappa shape index (κ3) is 4.78. The lowest BCUT2D eigenvalue weighted by atomic mass is 9.85. The number of nitro groups is 1. The van der Waals surface area contributed by atoms with Crippen molar-refractivity contribution in [2.75, 3.05) is 5.32 Å². The zero-order valence-corrected chi connectivity index (χ0v) is 14.2. The smallest absolute Gasteiger partial charge is 0.274 e. The van der Waals surface area contributed by atoms with Crippen LogP contribution in [-0.2, 0) is 4.79 Å². The fourth-order valence-corrected chi connectivity index (χ4v) is 2.22. The van der Waals surface area contributed by atoms with E-state index in [-0.39, 0.29) is 29.5 Å². The van der Waals surface area contributed by atoms with Crippen LogP contribution in [0.3, 0.4) is 0 Å². The highest BCUT2D eigenvalue weighted by Gasteiger charge is 2.24. The lowest BCUT2D eigenvalue weighted by Gasteiger charge is -2.26. The molecule has 0 saturated heterocycles. The Kier molecular flexibility index (Phi) is 5.47. The van der Waals surface area contributed by atoms with E-state index in [1.54, 1.807) is 13.0 Å². The molecule has 0 radical (unpaired) electrons. The third-order valence-electron chi connectivity index (χ3n) is 3.27. The predicted molar refractivity (Wildman–Crippen MR) is 86.2 cm³/mol. The minimum absolute atomic E-state index is 0.0337. The first-order valence-electron chi connectivity index (χ1n) is 6.52. The summed E-state index contributed by atoms with van der Waals surface area (Å²) in [4.78, 5) is 22.5. The molecule has 1 unspecified atom stereocenters. The van der Waals surface area contributed by atoms with E-state index in [2.05, 4.69) is 21.2 Å². The Morgan fingerprint density at radius 1 is 1.48 bits per heavy atom. The van der Waals surface area contributed by atoms with Gasteiger partial charge < -0.3 is 11.1 Å². The number of aryl methyl sites for hydroxylation is 1.